The van der Waals surface area contributed by atoms with Crippen LogP contribution in [-0.4, -0.2) is 21.4 Å². The molecule has 3 nitrogen and oxygen atoms in total. The highest BCUT2D eigenvalue weighted by atomic mass is 19.4. The molecule has 0 saturated carbocycles. The Morgan fingerprint density at radius 1 is 0.871 bits per heavy atom. The summed E-state index contributed by atoms with van der Waals surface area (Å²) in [7, 11) is 0. The zero-order chi connectivity index (χ0) is 22.1. The summed E-state index contributed by atoms with van der Waals surface area (Å²) in [6, 6.07) is 22.6. The predicted molar refractivity (Wildman–Crippen MR) is 117 cm³/mol. The number of aromatic nitrogens is 3. The molecule has 0 aliphatic heterocycles. The lowest BCUT2D eigenvalue weighted by atomic mass is 9.76. The molecule has 0 aliphatic carbocycles. The summed E-state index contributed by atoms with van der Waals surface area (Å²) in [6.45, 7) is 3.73. The van der Waals surface area contributed by atoms with Crippen LogP contribution >= 0.6 is 0 Å². The lowest BCUT2D eigenvalue weighted by molar-refractivity contribution is -0.179. The maximum atomic E-state index is 14.0. The molecule has 0 radical (unpaired) electrons. The predicted octanol–water partition coefficient (Wildman–Crippen LogP) is 6.71. The molecule has 0 saturated heterocycles. The number of fused-ring (bicyclic) bond motifs is 1. The molecule has 0 fully saturated rings. The lowest BCUT2D eigenvalue weighted by Gasteiger charge is -2.31. The molecule has 4 rings (SSSR count). The number of benzene rings is 2. The third-order valence-corrected chi connectivity index (χ3v) is 5.74. The number of hydrogen-bond donors (Lipinski definition) is 1. The van der Waals surface area contributed by atoms with Gasteiger partial charge >= 0.3 is 6.18 Å². The lowest BCUT2D eigenvalue weighted by Crippen LogP contribution is -2.32. The van der Waals surface area contributed by atoms with Crippen molar-refractivity contribution >= 4 is 11.0 Å². The number of halogens is 3. The Balaban J connectivity index is 1.60. The van der Waals surface area contributed by atoms with Crippen LogP contribution in [0.25, 0.3) is 22.3 Å². The molecule has 2 heterocycles. The van der Waals surface area contributed by atoms with E-state index in [1.807, 2.05) is 80.6 Å². The van der Waals surface area contributed by atoms with Gasteiger partial charge in [0.05, 0.1) is 11.6 Å². The van der Waals surface area contributed by atoms with Gasteiger partial charge in [-0.05, 0) is 36.0 Å². The van der Waals surface area contributed by atoms with E-state index in [4.69, 9.17) is 0 Å². The molecule has 2 aromatic carbocycles. The molecule has 0 amide bonds. The van der Waals surface area contributed by atoms with Crippen molar-refractivity contribution in [2.75, 3.05) is 0 Å². The number of hydrogen-bond acceptors (Lipinski definition) is 2. The van der Waals surface area contributed by atoms with Crippen molar-refractivity contribution in [3.8, 4) is 11.3 Å². The summed E-state index contributed by atoms with van der Waals surface area (Å²) in [5, 5.41) is 9.15. The van der Waals surface area contributed by atoms with E-state index >= 15 is 0 Å². The van der Waals surface area contributed by atoms with Gasteiger partial charge < -0.3 is 4.98 Å². The summed E-state index contributed by atoms with van der Waals surface area (Å²) < 4.78 is 41.9. The van der Waals surface area contributed by atoms with Crippen molar-refractivity contribution < 1.29 is 13.2 Å². The zero-order valence-corrected chi connectivity index (χ0v) is 17.4. The van der Waals surface area contributed by atoms with E-state index in [-0.39, 0.29) is 12.8 Å². The SMILES string of the molecule is CC(C)(CC(Cc1cc2cc(-c3ccccc3)nnc2[nH]1)C(F)(F)F)c1ccccc1. The Labute approximate surface area is 179 Å². The van der Waals surface area contributed by atoms with Crippen LogP contribution in [0.4, 0.5) is 13.2 Å². The molecule has 6 heteroatoms. The van der Waals surface area contributed by atoms with Crippen molar-refractivity contribution in [1.82, 2.24) is 15.2 Å². The van der Waals surface area contributed by atoms with Gasteiger partial charge in [-0.15, -0.1) is 10.2 Å². The molecule has 160 valence electrons. The Morgan fingerprint density at radius 2 is 1.52 bits per heavy atom. The largest absolute Gasteiger partial charge is 0.392 e. The van der Waals surface area contributed by atoms with Gasteiger partial charge in [-0.2, -0.15) is 13.2 Å². The van der Waals surface area contributed by atoms with Crippen LogP contribution in [0.15, 0.2) is 72.8 Å². The molecule has 4 aromatic rings. The van der Waals surface area contributed by atoms with Crippen LogP contribution in [0.1, 0.15) is 31.5 Å². The summed E-state index contributed by atoms with van der Waals surface area (Å²) in [5.41, 5.74) is 2.92. The summed E-state index contributed by atoms with van der Waals surface area (Å²) >= 11 is 0. The molecular weight excluding hydrogens is 399 g/mol. The van der Waals surface area contributed by atoms with E-state index in [2.05, 4.69) is 15.2 Å². The number of rotatable bonds is 6. The van der Waals surface area contributed by atoms with Crippen LogP contribution in [0.2, 0.25) is 0 Å². The van der Waals surface area contributed by atoms with Crippen LogP contribution < -0.4 is 0 Å². The van der Waals surface area contributed by atoms with Crippen LogP contribution in [0.3, 0.4) is 0 Å². The van der Waals surface area contributed by atoms with Gasteiger partial charge in [-0.25, -0.2) is 0 Å². The molecular formula is C25H24F3N3. The van der Waals surface area contributed by atoms with Crippen LogP contribution in [0.5, 0.6) is 0 Å². The second-order valence-corrected chi connectivity index (χ2v) is 8.59. The maximum Gasteiger partial charge on any atom is 0.392 e. The maximum absolute atomic E-state index is 14.0. The Morgan fingerprint density at radius 3 is 2.16 bits per heavy atom. The third kappa shape index (κ3) is 4.79. The topological polar surface area (TPSA) is 41.6 Å². The van der Waals surface area contributed by atoms with Gasteiger partial charge in [0.1, 0.15) is 0 Å². The highest BCUT2D eigenvalue weighted by molar-refractivity contribution is 5.80. The number of nitrogens with one attached hydrogen (secondary N) is 1. The molecule has 0 bridgehead atoms. The first-order chi connectivity index (χ1) is 14.7. The molecule has 0 spiro atoms. The average Bonchev–Trinajstić information content (AvgIpc) is 3.15. The van der Waals surface area contributed by atoms with Crippen molar-refractivity contribution in [2.45, 2.75) is 38.3 Å². The first kappa shape index (κ1) is 21.1. The smallest absolute Gasteiger partial charge is 0.342 e. The Bertz CT molecular complexity index is 1150. The first-order valence-electron chi connectivity index (χ1n) is 10.3. The normalized spacial score (nSPS) is 13.5. The summed E-state index contributed by atoms with van der Waals surface area (Å²) in [6.07, 6.45) is -4.43. The third-order valence-electron chi connectivity index (χ3n) is 5.74. The van der Waals surface area contributed by atoms with Crippen molar-refractivity contribution in [3.63, 3.8) is 0 Å². The second kappa shape index (κ2) is 8.17. The Hall–Kier alpha value is -3.15. The van der Waals surface area contributed by atoms with Gasteiger partial charge in [0.15, 0.2) is 5.65 Å². The minimum absolute atomic E-state index is 0.00315. The van der Waals surface area contributed by atoms with Crippen LogP contribution in [0, 0.1) is 5.92 Å². The minimum atomic E-state index is -4.30. The summed E-state index contributed by atoms with van der Waals surface area (Å²) in [5.74, 6) is -1.47. The quantitative estimate of drug-likeness (QED) is 0.374. The van der Waals surface area contributed by atoms with Crippen LogP contribution in [-0.2, 0) is 11.8 Å². The van der Waals surface area contributed by atoms with Gasteiger partial charge in [0.2, 0.25) is 0 Å². The van der Waals surface area contributed by atoms with Gasteiger partial charge in [-0.1, -0.05) is 74.5 Å². The van der Waals surface area contributed by atoms with E-state index in [1.54, 1.807) is 6.07 Å². The van der Waals surface area contributed by atoms with E-state index in [9.17, 15) is 13.2 Å². The van der Waals surface area contributed by atoms with E-state index in [0.29, 0.717) is 17.0 Å². The minimum Gasteiger partial charge on any atom is -0.342 e. The molecule has 1 unspecified atom stereocenters. The van der Waals surface area contributed by atoms with E-state index < -0.39 is 17.5 Å². The molecule has 1 N–H and O–H groups in total. The average molecular weight is 423 g/mol. The van der Waals surface area contributed by atoms with Gasteiger partial charge in [0.25, 0.3) is 0 Å². The molecule has 0 aliphatic rings. The standard InChI is InChI=1S/C25H24F3N3/c1-24(2,19-11-7-4-8-12-19)16-20(25(26,27)28)15-21-13-18-14-22(30-31-23(18)29-21)17-9-5-3-6-10-17/h3-14,20H,15-16H2,1-2H3,(H,29,31). The molecule has 1 atom stereocenters. The fourth-order valence-corrected chi connectivity index (χ4v) is 4.04. The van der Waals surface area contributed by atoms with Gasteiger partial charge in [0, 0.05) is 16.6 Å². The molecule has 31 heavy (non-hydrogen) atoms. The number of H-pyrrole nitrogens is 1. The summed E-state index contributed by atoms with van der Waals surface area (Å²) in [4.78, 5) is 3.03. The van der Waals surface area contributed by atoms with Crippen molar-refractivity contribution in [3.05, 3.63) is 84.1 Å². The van der Waals surface area contributed by atoms with Crippen molar-refractivity contribution in [2.24, 2.45) is 5.92 Å². The molecule has 2 aromatic heterocycles. The van der Waals surface area contributed by atoms with E-state index in [0.717, 1.165) is 16.5 Å². The zero-order valence-electron chi connectivity index (χ0n) is 17.4. The highest BCUT2D eigenvalue weighted by Gasteiger charge is 2.43. The Kier molecular flexibility index (Phi) is 5.56. The van der Waals surface area contributed by atoms with Crippen molar-refractivity contribution in [1.29, 1.82) is 0 Å². The highest BCUT2D eigenvalue weighted by Crippen LogP contribution is 2.40. The monoisotopic (exact) mass is 423 g/mol. The number of alkyl halides is 3. The number of aromatic amines is 1. The number of nitrogens with zero attached hydrogens (tertiary/aromatic N) is 2. The first-order valence-corrected chi connectivity index (χ1v) is 10.3. The fraction of sp³-hybridized carbons (Fsp3) is 0.280. The van der Waals surface area contributed by atoms with E-state index in [1.165, 1.54) is 0 Å². The second-order valence-electron chi connectivity index (χ2n) is 8.59. The fourth-order valence-electron chi connectivity index (χ4n) is 4.04. The van der Waals surface area contributed by atoms with Gasteiger partial charge in [-0.3, -0.25) is 0 Å².